The van der Waals surface area contributed by atoms with Crippen LogP contribution in [0, 0.1) is 0 Å². The third kappa shape index (κ3) is 5.92. The zero-order chi connectivity index (χ0) is 23.3. The minimum atomic E-state index is -1.33. The molecule has 0 bridgehead atoms. The number of rotatable bonds is 5. The van der Waals surface area contributed by atoms with Crippen LogP contribution in [0.2, 0.25) is 0 Å². The SMILES string of the molecule is C\C=C/C=C\C=C\S(=O)n1cc(Br)c2c(N3CCN(C(=O)OC(C)(C)C)CC3)cccc21. The van der Waals surface area contributed by atoms with Crippen LogP contribution in [0.4, 0.5) is 10.5 Å². The molecular weight excluding hydrogens is 490 g/mol. The van der Waals surface area contributed by atoms with Crippen LogP contribution in [0.25, 0.3) is 10.9 Å². The molecule has 2 aromatic rings. The molecule has 3 rings (SSSR count). The van der Waals surface area contributed by atoms with Gasteiger partial charge in [-0.15, -0.1) is 0 Å². The summed E-state index contributed by atoms with van der Waals surface area (Å²) in [5, 5.41) is 2.68. The number of halogens is 1. The van der Waals surface area contributed by atoms with Gasteiger partial charge in [-0.05, 0) is 55.8 Å². The highest BCUT2D eigenvalue weighted by molar-refractivity contribution is 9.10. The van der Waals surface area contributed by atoms with Crippen LogP contribution in [0.3, 0.4) is 0 Å². The molecule has 1 aromatic heterocycles. The highest BCUT2D eigenvalue weighted by Crippen LogP contribution is 2.35. The molecule has 0 aliphatic carbocycles. The normalized spacial score (nSPS) is 16.7. The van der Waals surface area contributed by atoms with Crippen LogP contribution < -0.4 is 4.90 Å². The van der Waals surface area contributed by atoms with E-state index in [1.54, 1.807) is 20.4 Å². The van der Waals surface area contributed by atoms with Crippen molar-refractivity contribution in [3.8, 4) is 0 Å². The Balaban J connectivity index is 1.78. The molecule has 0 radical (unpaired) electrons. The van der Waals surface area contributed by atoms with E-state index in [4.69, 9.17) is 4.74 Å². The van der Waals surface area contributed by atoms with Crippen molar-refractivity contribution >= 4 is 49.6 Å². The molecule has 6 nitrogen and oxygen atoms in total. The monoisotopic (exact) mass is 519 g/mol. The number of ether oxygens (including phenoxy) is 1. The minimum absolute atomic E-state index is 0.270. The molecule has 1 aromatic carbocycles. The number of anilines is 1. The molecule has 1 aliphatic heterocycles. The molecule has 172 valence electrons. The second-order valence-corrected chi connectivity index (χ2v) is 10.5. The standard InChI is InChI=1S/C24H30BrN3O3S/c1-5-6-7-8-9-17-32(30)28-18-19(25)22-20(11-10-12-21(22)28)26-13-15-27(16-14-26)23(29)31-24(2,3)4/h5-12,17-18H,13-16H2,1-4H3/b6-5-,8-7-,17-9+. The number of carbonyl (C=O) groups excluding carboxylic acids is 1. The number of nitrogens with zero attached hydrogens (tertiary/aromatic N) is 3. The zero-order valence-corrected chi connectivity index (χ0v) is 21.4. The van der Waals surface area contributed by atoms with Crippen molar-refractivity contribution in [2.24, 2.45) is 0 Å². The fourth-order valence-corrected chi connectivity index (χ4v) is 5.14. The maximum Gasteiger partial charge on any atom is 0.410 e. The number of piperazine rings is 1. The molecule has 1 fully saturated rings. The van der Waals surface area contributed by atoms with Crippen LogP contribution in [-0.2, 0) is 15.7 Å². The van der Waals surface area contributed by atoms with E-state index in [1.165, 1.54) is 0 Å². The Kier molecular flexibility index (Phi) is 8.00. The fourth-order valence-electron chi connectivity index (χ4n) is 3.48. The largest absolute Gasteiger partial charge is 0.444 e. The summed E-state index contributed by atoms with van der Waals surface area (Å²) in [6.07, 6.45) is 11.0. The summed E-state index contributed by atoms with van der Waals surface area (Å²) < 4.78 is 21.0. The smallest absolute Gasteiger partial charge is 0.410 e. The van der Waals surface area contributed by atoms with E-state index in [9.17, 15) is 9.00 Å². The van der Waals surface area contributed by atoms with Crippen LogP contribution >= 0.6 is 15.9 Å². The number of benzene rings is 1. The van der Waals surface area contributed by atoms with Gasteiger partial charge in [0.15, 0.2) is 0 Å². The number of fused-ring (bicyclic) bond motifs is 1. The molecule has 1 amide bonds. The lowest BCUT2D eigenvalue weighted by Gasteiger charge is -2.37. The first-order valence-corrected chi connectivity index (χ1v) is 12.6. The third-order valence-corrected chi connectivity index (χ3v) is 6.60. The molecule has 0 spiro atoms. The molecule has 32 heavy (non-hydrogen) atoms. The molecule has 1 saturated heterocycles. The summed E-state index contributed by atoms with van der Waals surface area (Å²) in [4.78, 5) is 16.4. The highest BCUT2D eigenvalue weighted by atomic mass is 79.9. The zero-order valence-electron chi connectivity index (χ0n) is 19.0. The predicted molar refractivity (Wildman–Crippen MR) is 136 cm³/mol. The average Bonchev–Trinajstić information content (AvgIpc) is 3.09. The summed E-state index contributed by atoms with van der Waals surface area (Å²) in [5.41, 5.74) is 1.45. The van der Waals surface area contributed by atoms with Gasteiger partial charge in [0.2, 0.25) is 0 Å². The van der Waals surface area contributed by atoms with Gasteiger partial charge in [0.05, 0.1) is 5.52 Å². The Labute approximate surface area is 200 Å². The van der Waals surface area contributed by atoms with Crippen LogP contribution in [0.15, 0.2) is 64.7 Å². The quantitative estimate of drug-likeness (QED) is 0.481. The lowest BCUT2D eigenvalue weighted by atomic mass is 10.1. The highest BCUT2D eigenvalue weighted by Gasteiger charge is 2.27. The molecule has 0 saturated carbocycles. The maximum atomic E-state index is 12.9. The van der Waals surface area contributed by atoms with Gasteiger partial charge in [0.25, 0.3) is 0 Å². The third-order valence-electron chi connectivity index (χ3n) is 4.91. The van der Waals surface area contributed by atoms with Crippen LogP contribution in [-0.4, -0.2) is 51.0 Å². The second kappa shape index (κ2) is 10.5. The molecule has 0 N–H and O–H groups in total. The van der Waals surface area contributed by atoms with Crippen molar-refractivity contribution in [2.75, 3.05) is 31.1 Å². The van der Waals surface area contributed by atoms with Gasteiger partial charge in [-0.3, -0.25) is 3.97 Å². The molecule has 2 heterocycles. The first-order chi connectivity index (χ1) is 15.2. The fraction of sp³-hybridized carbons (Fsp3) is 0.375. The van der Waals surface area contributed by atoms with Crippen molar-refractivity contribution in [1.29, 1.82) is 0 Å². The Bertz CT molecular complexity index is 1070. The van der Waals surface area contributed by atoms with Crippen molar-refractivity contribution < 1.29 is 13.7 Å². The predicted octanol–water partition coefficient (Wildman–Crippen LogP) is 5.62. The van der Waals surface area contributed by atoms with Gasteiger partial charge in [0.1, 0.15) is 16.6 Å². The number of allylic oxidation sites excluding steroid dienone is 5. The van der Waals surface area contributed by atoms with Gasteiger partial charge >= 0.3 is 6.09 Å². The van der Waals surface area contributed by atoms with E-state index in [0.29, 0.717) is 26.2 Å². The molecule has 1 unspecified atom stereocenters. The summed E-state index contributed by atoms with van der Waals surface area (Å²) in [6, 6.07) is 6.02. The Hall–Kier alpha value is -2.32. The maximum absolute atomic E-state index is 12.9. The number of amides is 1. The minimum Gasteiger partial charge on any atom is -0.444 e. The number of aromatic nitrogens is 1. The van der Waals surface area contributed by atoms with Crippen molar-refractivity contribution in [3.63, 3.8) is 0 Å². The molecular formula is C24H30BrN3O3S. The van der Waals surface area contributed by atoms with E-state index in [-0.39, 0.29) is 6.09 Å². The first kappa shape index (κ1) is 24.3. The summed E-state index contributed by atoms with van der Waals surface area (Å²) >= 11 is 3.66. The van der Waals surface area contributed by atoms with Crippen LogP contribution in [0.5, 0.6) is 0 Å². The summed E-state index contributed by atoms with van der Waals surface area (Å²) in [6.45, 7) is 10.2. The Morgan fingerprint density at radius 1 is 1.09 bits per heavy atom. The van der Waals surface area contributed by atoms with E-state index < -0.39 is 16.6 Å². The summed E-state index contributed by atoms with van der Waals surface area (Å²) in [7, 11) is -1.33. The molecule has 8 heteroatoms. The van der Waals surface area contributed by atoms with E-state index in [2.05, 4.69) is 26.9 Å². The topological polar surface area (TPSA) is 54.8 Å². The van der Waals surface area contributed by atoms with Crippen molar-refractivity contribution in [1.82, 2.24) is 8.87 Å². The number of hydrogen-bond donors (Lipinski definition) is 0. The lowest BCUT2D eigenvalue weighted by Crippen LogP contribution is -2.50. The molecule has 1 atom stereocenters. The number of carbonyl (C=O) groups is 1. The van der Waals surface area contributed by atoms with E-state index >= 15 is 0 Å². The van der Waals surface area contributed by atoms with Crippen molar-refractivity contribution in [3.05, 3.63) is 64.7 Å². The van der Waals surface area contributed by atoms with Gasteiger partial charge in [-0.1, -0.05) is 36.4 Å². The van der Waals surface area contributed by atoms with E-state index in [1.807, 2.05) is 70.3 Å². The van der Waals surface area contributed by atoms with Gasteiger partial charge in [-0.2, -0.15) is 0 Å². The van der Waals surface area contributed by atoms with Crippen LogP contribution in [0.1, 0.15) is 27.7 Å². The van der Waals surface area contributed by atoms with Gasteiger partial charge < -0.3 is 14.5 Å². The van der Waals surface area contributed by atoms with Gasteiger partial charge in [-0.25, -0.2) is 9.00 Å². The summed E-state index contributed by atoms with van der Waals surface area (Å²) in [5.74, 6) is 0. The Morgan fingerprint density at radius 3 is 2.44 bits per heavy atom. The lowest BCUT2D eigenvalue weighted by molar-refractivity contribution is 0.0240. The van der Waals surface area contributed by atoms with Crippen molar-refractivity contribution in [2.45, 2.75) is 33.3 Å². The number of hydrogen-bond acceptors (Lipinski definition) is 4. The Morgan fingerprint density at radius 2 is 1.78 bits per heavy atom. The first-order valence-electron chi connectivity index (χ1n) is 10.6. The van der Waals surface area contributed by atoms with Gasteiger partial charge in [0, 0.05) is 53.3 Å². The second-order valence-electron chi connectivity index (χ2n) is 8.44. The average molecular weight is 520 g/mol. The van der Waals surface area contributed by atoms with E-state index in [0.717, 1.165) is 21.1 Å². The molecule has 1 aliphatic rings.